The zero-order valence-corrected chi connectivity index (χ0v) is 20.2. The second-order valence-corrected chi connectivity index (χ2v) is 10.5. The summed E-state index contributed by atoms with van der Waals surface area (Å²) in [4.78, 5) is 64.4. The molecule has 0 bridgehead atoms. The van der Waals surface area contributed by atoms with Gasteiger partial charge >= 0.3 is 10.9 Å². The molecular formula is C23H17ClN4O5S2. The van der Waals surface area contributed by atoms with Crippen LogP contribution in [0.4, 0.5) is 10.5 Å². The lowest BCUT2D eigenvalue weighted by atomic mass is 9.83. The smallest absolute Gasteiger partial charge is 0.328 e. The van der Waals surface area contributed by atoms with Crippen LogP contribution in [0.3, 0.4) is 0 Å². The number of halogens is 1. The topological polar surface area (TPSA) is 132 Å². The fourth-order valence-electron chi connectivity index (χ4n) is 4.37. The number of nitrogens with one attached hydrogen (secondary N) is 1. The molecule has 0 unspecified atom stereocenters. The van der Waals surface area contributed by atoms with Crippen LogP contribution >= 0.6 is 34.7 Å². The number of aromatic nitrogens is 1. The second kappa shape index (κ2) is 8.99. The third-order valence-corrected chi connectivity index (χ3v) is 8.71. The molecule has 0 spiro atoms. The SMILES string of the molecule is NC(=O)N1C(=O)[C@@H]2[C@H](c3ccc(Cl)cc3)c3sc(=O)n(CC(=O)Nc4ccccc4)c3S[C@@H]2C1=O. The van der Waals surface area contributed by atoms with Gasteiger partial charge < -0.3 is 11.1 Å². The molecule has 2 aromatic carbocycles. The van der Waals surface area contributed by atoms with Crippen molar-refractivity contribution in [1.29, 1.82) is 0 Å². The fourth-order valence-corrected chi connectivity index (χ4v) is 7.27. The number of nitrogens with two attached hydrogens (primary N) is 1. The lowest BCUT2D eigenvalue weighted by Gasteiger charge is -2.30. The Kier molecular flexibility index (Phi) is 5.99. The number of para-hydroxylation sites is 1. The minimum atomic E-state index is -1.15. The highest BCUT2D eigenvalue weighted by molar-refractivity contribution is 8.00. The van der Waals surface area contributed by atoms with E-state index in [0.717, 1.165) is 23.1 Å². The third-order valence-electron chi connectivity index (χ3n) is 5.86. The van der Waals surface area contributed by atoms with Crippen molar-refractivity contribution in [3.8, 4) is 0 Å². The first-order valence-electron chi connectivity index (χ1n) is 10.4. The average molecular weight is 529 g/mol. The molecule has 12 heteroatoms. The molecule has 3 heterocycles. The summed E-state index contributed by atoms with van der Waals surface area (Å²) in [5.74, 6) is -3.48. The predicted octanol–water partition coefficient (Wildman–Crippen LogP) is 2.87. The summed E-state index contributed by atoms with van der Waals surface area (Å²) in [6.45, 7) is -0.279. The molecule has 0 aliphatic carbocycles. The fraction of sp³-hybridized carbons (Fsp3) is 0.174. The van der Waals surface area contributed by atoms with E-state index < -0.39 is 45.7 Å². The number of anilines is 1. The van der Waals surface area contributed by atoms with Gasteiger partial charge in [-0.05, 0) is 29.8 Å². The van der Waals surface area contributed by atoms with Gasteiger partial charge in [0.15, 0.2) is 0 Å². The Bertz CT molecular complexity index is 1420. The Balaban J connectivity index is 1.58. The van der Waals surface area contributed by atoms with Crippen molar-refractivity contribution in [1.82, 2.24) is 9.47 Å². The molecule has 2 aliphatic heterocycles. The van der Waals surface area contributed by atoms with Crippen molar-refractivity contribution in [3.63, 3.8) is 0 Å². The lowest BCUT2D eigenvalue weighted by molar-refractivity contribution is -0.135. The van der Waals surface area contributed by atoms with E-state index in [2.05, 4.69) is 5.32 Å². The standard InChI is InChI=1S/C23H17ClN4O5S2/c24-12-8-6-11(7-9-12)15-16-17(20(31)28(19(16)30)22(25)32)34-21-18(15)35-23(33)27(21)10-14(29)26-13-4-2-1-3-5-13/h1-9,15-17H,10H2,(H2,25,32)(H,26,29)/t15-,16+,17-/m0/s1. The molecule has 178 valence electrons. The van der Waals surface area contributed by atoms with Crippen LogP contribution in [0.5, 0.6) is 0 Å². The van der Waals surface area contributed by atoms with Crippen LogP contribution in [0, 0.1) is 5.92 Å². The van der Waals surface area contributed by atoms with Crippen LogP contribution in [-0.2, 0) is 20.9 Å². The molecule has 5 rings (SSSR count). The summed E-state index contributed by atoms with van der Waals surface area (Å²) >= 11 is 7.96. The number of imide groups is 3. The highest BCUT2D eigenvalue weighted by Crippen LogP contribution is 2.53. The molecule has 1 aromatic heterocycles. The van der Waals surface area contributed by atoms with E-state index in [1.165, 1.54) is 4.57 Å². The highest BCUT2D eigenvalue weighted by Gasteiger charge is 2.57. The summed E-state index contributed by atoms with van der Waals surface area (Å²) in [7, 11) is 0. The summed E-state index contributed by atoms with van der Waals surface area (Å²) in [6, 6.07) is 14.4. The van der Waals surface area contributed by atoms with Crippen molar-refractivity contribution in [2.45, 2.75) is 22.7 Å². The van der Waals surface area contributed by atoms with Gasteiger partial charge in [0.25, 0.3) is 5.91 Å². The molecule has 35 heavy (non-hydrogen) atoms. The maximum absolute atomic E-state index is 13.1. The van der Waals surface area contributed by atoms with E-state index in [1.807, 2.05) is 6.07 Å². The number of nitrogens with zero attached hydrogens (tertiary/aromatic N) is 2. The van der Waals surface area contributed by atoms with Gasteiger partial charge in [-0.25, -0.2) is 4.79 Å². The number of benzene rings is 2. The van der Waals surface area contributed by atoms with Gasteiger partial charge in [0.2, 0.25) is 11.8 Å². The van der Waals surface area contributed by atoms with Crippen LogP contribution in [0.2, 0.25) is 5.02 Å². The quantitative estimate of drug-likeness (QED) is 0.500. The average Bonchev–Trinajstić information content (AvgIpc) is 3.26. The molecule has 2 aliphatic rings. The molecule has 9 nitrogen and oxygen atoms in total. The van der Waals surface area contributed by atoms with E-state index in [4.69, 9.17) is 17.3 Å². The molecule has 1 saturated heterocycles. The number of rotatable bonds is 4. The van der Waals surface area contributed by atoms with E-state index >= 15 is 0 Å². The first-order valence-corrected chi connectivity index (χ1v) is 12.5. The van der Waals surface area contributed by atoms with E-state index in [0.29, 0.717) is 31.1 Å². The van der Waals surface area contributed by atoms with Crippen molar-refractivity contribution in [3.05, 3.63) is 79.7 Å². The lowest BCUT2D eigenvalue weighted by Crippen LogP contribution is -2.41. The van der Waals surface area contributed by atoms with Crippen LogP contribution < -0.4 is 15.9 Å². The van der Waals surface area contributed by atoms with E-state index in [9.17, 15) is 24.0 Å². The molecule has 1 fully saturated rings. The number of likely N-dealkylation sites (tertiary alicyclic amines) is 1. The first kappa shape index (κ1) is 23.3. The maximum atomic E-state index is 13.1. The number of fused-ring (bicyclic) bond motifs is 2. The molecule has 3 N–H and O–H groups in total. The molecular weight excluding hydrogens is 512 g/mol. The predicted molar refractivity (Wildman–Crippen MR) is 132 cm³/mol. The Morgan fingerprint density at radius 2 is 1.69 bits per heavy atom. The normalized spacial score (nSPS) is 20.9. The van der Waals surface area contributed by atoms with Crippen LogP contribution in [0.15, 0.2) is 64.4 Å². The number of amides is 5. The Labute approximate surface area is 211 Å². The van der Waals surface area contributed by atoms with Gasteiger partial charge in [0.05, 0.1) is 10.9 Å². The Morgan fingerprint density at radius 1 is 1.00 bits per heavy atom. The molecule has 3 aromatic rings. The van der Waals surface area contributed by atoms with Gasteiger partial charge in [0.1, 0.15) is 11.8 Å². The second-order valence-electron chi connectivity index (χ2n) is 7.98. The van der Waals surface area contributed by atoms with Crippen molar-refractivity contribution in [2.24, 2.45) is 11.7 Å². The number of hydrogen-bond donors (Lipinski definition) is 2. The minimum absolute atomic E-state index is 0.279. The van der Waals surface area contributed by atoms with Gasteiger partial charge in [-0.15, -0.1) is 0 Å². The van der Waals surface area contributed by atoms with Crippen molar-refractivity contribution >= 4 is 64.1 Å². The number of urea groups is 1. The number of thiazole rings is 1. The molecule has 5 amide bonds. The van der Waals surface area contributed by atoms with Crippen LogP contribution in [-0.4, -0.2) is 38.5 Å². The zero-order valence-electron chi connectivity index (χ0n) is 17.8. The van der Waals surface area contributed by atoms with E-state index in [1.54, 1.807) is 48.5 Å². The number of primary amides is 1. The van der Waals surface area contributed by atoms with Crippen LogP contribution in [0.25, 0.3) is 0 Å². The minimum Gasteiger partial charge on any atom is -0.351 e. The summed E-state index contributed by atoms with van der Waals surface area (Å²) < 4.78 is 1.30. The first-order chi connectivity index (χ1) is 16.8. The van der Waals surface area contributed by atoms with Crippen molar-refractivity contribution < 1.29 is 19.2 Å². The highest BCUT2D eigenvalue weighted by atomic mass is 35.5. The Hall–Kier alpha value is -3.41. The number of hydrogen-bond acceptors (Lipinski definition) is 7. The van der Waals surface area contributed by atoms with Crippen molar-refractivity contribution in [2.75, 3.05) is 5.32 Å². The summed E-state index contributed by atoms with van der Waals surface area (Å²) in [5, 5.41) is 2.66. The summed E-state index contributed by atoms with van der Waals surface area (Å²) in [6.07, 6.45) is 0. The third kappa shape index (κ3) is 4.05. The molecule has 3 atom stereocenters. The Morgan fingerprint density at radius 3 is 2.34 bits per heavy atom. The molecule has 0 radical (unpaired) electrons. The van der Waals surface area contributed by atoms with Gasteiger partial charge in [-0.3, -0.25) is 23.7 Å². The number of carbonyl (C=O) groups excluding carboxylic acids is 4. The maximum Gasteiger partial charge on any atom is 0.328 e. The largest absolute Gasteiger partial charge is 0.351 e. The van der Waals surface area contributed by atoms with E-state index in [-0.39, 0.29) is 6.54 Å². The summed E-state index contributed by atoms with van der Waals surface area (Å²) in [5.41, 5.74) is 6.56. The van der Waals surface area contributed by atoms with Gasteiger partial charge in [0, 0.05) is 21.5 Å². The molecule has 0 saturated carbocycles. The zero-order chi connectivity index (χ0) is 24.9. The van der Waals surface area contributed by atoms with Gasteiger partial charge in [-0.2, -0.15) is 4.90 Å². The number of thioether (sulfide) groups is 1. The van der Waals surface area contributed by atoms with Gasteiger partial charge in [-0.1, -0.05) is 65.0 Å². The number of carbonyl (C=O) groups is 4. The monoisotopic (exact) mass is 528 g/mol. The van der Waals surface area contributed by atoms with Crippen LogP contribution in [0.1, 0.15) is 16.4 Å².